The number of hydrogen-bond acceptors (Lipinski definition) is 4. The van der Waals surface area contributed by atoms with E-state index in [1.807, 2.05) is 18.2 Å². The Balaban J connectivity index is 1.48. The first kappa shape index (κ1) is 19.5. The number of carbonyl (C=O) groups is 2. The quantitative estimate of drug-likeness (QED) is 0.671. The molecule has 1 aliphatic rings. The van der Waals surface area contributed by atoms with Crippen LogP contribution in [0.15, 0.2) is 48.5 Å². The van der Waals surface area contributed by atoms with E-state index in [0.29, 0.717) is 5.69 Å². The van der Waals surface area contributed by atoms with Crippen molar-refractivity contribution in [2.75, 3.05) is 32.0 Å². The average molecular weight is 412 g/mol. The van der Waals surface area contributed by atoms with Crippen LogP contribution in [0, 0.1) is 5.82 Å². The first-order valence-corrected chi connectivity index (χ1v) is 10.4. The summed E-state index contributed by atoms with van der Waals surface area (Å²) in [5.74, 6) is -0.315. The second kappa shape index (κ2) is 8.31. The number of carbonyl (C=O) groups excluding carboxylic acids is 2. The summed E-state index contributed by atoms with van der Waals surface area (Å²) in [6, 6.07) is 13.8. The zero-order valence-corrected chi connectivity index (χ0v) is 16.9. The highest BCUT2D eigenvalue weighted by Crippen LogP contribution is 2.40. The maximum atomic E-state index is 13.0. The van der Waals surface area contributed by atoms with Crippen LogP contribution in [-0.4, -0.2) is 43.4 Å². The van der Waals surface area contributed by atoms with Gasteiger partial charge in [0.25, 0.3) is 5.91 Å². The molecule has 1 saturated heterocycles. The molecule has 2 heterocycles. The zero-order chi connectivity index (χ0) is 20.4. The van der Waals surface area contributed by atoms with Gasteiger partial charge in [-0.05, 0) is 54.2 Å². The van der Waals surface area contributed by atoms with Crippen molar-refractivity contribution < 1.29 is 14.0 Å². The van der Waals surface area contributed by atoms with Gasteiger partial charge in [0.15, 0.2) is 0 Å². The predicted octanol–water partition coefficient (Wildman–Crippen LogP) is 3.83. The number of anilines is 1. The average Bonchev–Trinajstić information content (AvgIpc) is 3.33. The molecular weight excluding hydrogens is 389 g/mol. The number of hydrogen-bond donors (Lipinski definition) is 2. The first-order valence-electron chi connectivity index (χ1n) is 9.56. The van der Waals surface area contributed by atoms with Crippen LogP contribution in [0.25, 0.3) is 10.1 Å². The summed E-state index contributed by atoms with van der Waals surface area (Å²) >= 11 is 1.52. The lowest BCUT2D eigenvalue weighted by Gasteiger charge is -2.16. The largest absolute Gasteiger partial charge is 0.354 e. The van der Waals surface area contributed by atoms with Gasteiger partial charge in [0.05, 0.1) is 11.4 Å². The summed E-state index contributed by atoms with van der Waals surface area (Å²) in [7, 11) is 1.65. The standard InChI is InChI=1S/C22H22FN3O2S/c1-24-22(28)21-20(17-4-2-3-5-18(17)29-21)14-10-11-26(12-14)13-19(27)25-16-8-6-15(23)7-9-16/h2-9,14H,10-13H2,1H3,(H,24,28)(H,25,27). The van der Waals surface area contributed by atoms with Crippen molar-refractivity contribution >= 4 is 38.9 Å². The minimum atomic E-state index is -0.333. The minimum absolute atomic E-state index is 0.0614. The zero-order valence-electron chi connectivity index (χ0n) is 16.1. The SMILES string of the molecule is CNC(=O)c1sc2ccccc2c1C1CCN(CC(=O)Nc2ccc(F)cc2)C1. The minimum Gasteiger partial charge on any atom is -0.354 e. The summed E-state index contributed by atoms with van der Waals surface area (Å²) < 4.78 is 14.1. The van der Waals surface area contributed by atoms with Gasteiger partial charge < -0.3 is 10.6 Å². The highest BCUT2D eigenvalue weighted by molar-refractivity contribution is 7.21. The van der Waals surface area contributed by atoms with Crippen molar-refractivity contribution in [1.29, 1.82) is 0 Å². The number of benzene rings is 2. The topological polar surface area (TPSA) is 61.4 Å². The van der Waals surface area contributed by atoms with Crippen LogP contribution in [0.2, 0.25) is 0 Å². The maximum absolute atomic E-state index is 13.0. The predicted molar refractivity (Wildman–Crippen MR) is 114 cm³/mol. The summed E-state index contributed by atoms with van der Waals surface area (Å²) in [5, 5.41) is 6.68. The number of halogens is 1. The fourth-order valence-electron chi connectivity index (χ4n) is 3.90. The Morgan fingerprint density at radius 3 is 2.69 bits per heavy atom. The van der Waals surface area contributed by atoms with Gasteiger partial charge in [0.1, 0.15) is 5.82 Å². The van der Waals surface area contributed by atoms with Crippen molar-refractivity contribution in [3.8, 4) is 0 Å². The molecule has 1 atom stereocenters. The molecule has 5 nitrogen and oxygen atoms in total. The van der Waals surface area contributed by atoms with E-state index in [0.717, 1.165) is 40.0 Å². The summed E-state index contributed by atoms with van der Waals surface area (Å²) in [5.41, 5.74) is 1.67. The summed E-state index contributed by atoms with van der Waals surface area (Å²) in [6.07, 6.45) is 0.897. The second-order valence-electron chi connectivity index (χ2n) is 7.20. The number of rotatable bonds is 5. The lowest BCUT2D eigenvalue weighted by molar-refractivity contribution is -0.117. The van der Waals surface area contributed by atoms with Crippen LogP contribution < -0.4 is 10.6 Å². The first-order chi connectivity index (χ1) is 14.0. The Kier molecular flexibility index (Phi) is 5.60. The van der Waals surface area contributed by atoms with E-state index >= 15 is 0 Å². The molecule has 4 rings (SSSR count). The normalized spacial score (nSPS) is 16.8. The van der Waals surface area contributed by atoms with Crippen molar-refractivity contribution in [3.05, 3.63) is 64.8 Å². The van der Waals surface area contributed by atoms with Crippen LogP contribution >= 0.6 is 11.3 Å². The fourth-order valence-corrected chi connectivity index (χ4v) is 5.14. The highest BCUT2D eigenvalue weighted by Gasteiger charge is 2.31. The van der Waals surface area contributed by atoms with Gasteiger partial charge in [-0.1, -0.05) is 18.2 Å². The molecule has 0 aliphatic carbocycles. The lowest BCUT2D eigenvalue weighted by atomic mass is 9.95. The highest BCUT2D eigenvalue weighted by atomic mass is 32.1. The van der Waals surface area contributed by atoms with Gasteiger partial charge in [-0.15, -0.1) is 11.3 Å². The number of amides is 2. The second-order valence-corrected chi connectivity index (χ2v) is 8.25. The summed E-state index contributed by atoms with van der Waals surface area (Å²) in [6.45, 7) is 1.78. The van der Waals surface area contributed by atoms with Gasteiger partial charge in [-0.3, -0.25) is 14.5 Å². The molecule has 0 radical (unpaired) electrons. The van der Waals surface area contributed by atoms with Crippen LogP contribution in [0.4, 0.5) is 10.1 Å². The molecule has 1 fully saturated rings. The van der Waals surface area contributed by atoms with Gasteiger partial charge in [-0.25, -0.2) is 4.39 Å². The molecule has 150 valence electrons. The van der Waals surface area contributed by atoms with E-state index in [2.05, 4.69) is 21.6 Å². The molecule has 0 saturated carbocycles. The molecule has 2 N–H and O–H groups in total. The van der Waals surface area contributed by atoms with Gasteiger partial charge in [-0.2, -0.15) is 0 Å². The van der Waals surface area contributed by atoms with E-state index < -0.39 is 0 Å². The Morgan fingerprint density at radius 2 is 1.93 bits per heavy atom. The smallest absolute Gasteiger partial charge is 0.261 e. The van der Waals surface area contributed by atoms with Crippen molar-refractivity contribution in [2.24, 2.45) is 0 Å². The molecule has 29 heavy (non-hydrogen) atoms. The summed E-state index contributed by atoms with van der Waals surface area (Å²) in [4.78, 5) is 27.7. The molecule has 2 aromatic carbocycles. The number of nitrogens with zero attached hydrogens (tertiary/aromatic N) is 1. The Labute approximate surface area is 172 Å². The third kappa shape index (κ3) is 4.16. The monoisotopic (exact) mass is 411 g/mol. The maximum Gasteiger partial charge on any atom is 0.261 e. The van der Waals surface area contributed by atoms with Crippen molar-refractivity contribution in [2.45, 2.75) is 12.3 Å². The number of nitrogens with one attached hydrogen (secondary N) is 2. The molecule has 1 unspecified atom stereocenters. The third-order valence-electron chi connectivity index (χ3n) is 5.24. The molecule has 0 bridgehead atoms. The molecule has 0 spiro atoms. The van der Waals surface area contributed by atoms with Gasteiger partial charge in [0, 0.05) is 29.9 Å². The van der Waals surface area contributed by atoms with E-state index in [9.17, 15) is 14.0 Å². The Hall–Kier alpha value is -2.77. The van der Waals surface area contributed by atoms with Gasteiger partial charge in [0.2, 0.25) is 5.91 Å². The molecule has 2 amide bonds. The van der Waals surface area contributed by atoms with E-state index in [-0.39, 0.29) is 30.1 Å². The van der Waals surface area contributed by atoms with Crippen molar-refractivity contribution in [1.82, 2.24) is 10.2 Å². The molecule has 7 heteroatoms. The van der Waals surface area contributed by atoms with Crippen LogP contribution in [-0.2, 0) is 4.79 Å². The number of thiophene rings is 1. The number of fused-ring (bicyclic) bond motifs is 1. The lowest BCUT2D eigenvalue weighted by Crippen LogP contribution is -2.31. The Morgan fingerprint density at radius 1 is 1.17 bits per heavy atom. The molecule has 3 aromatic rings. The third-order valence-corrected chi connectivity index (χ3v) is 6.43. The van der Waals surface area contributed by atoms with E-state index in [1.54, 1.807) is 19.2 Å². The van der Waals surface area contributed by atoms with Crippen LogP contribution in [0.1, 0.15) is 27.6 Å². The molecule has 1 aliphatic heterocycles. The number of likely N-dealkylation sites (tertiary alicyclic amines) is 1. The molecular formula is C22H22FN3O2S. The van der Waals surface area contributed by atoms with Crippen molar-refractivity contribution in [3.63, 3.8) is 0 Å². The van der Waals surface area contributed by atoms with Crippen LogP contribution in [0.3, 0.4) is 0 Å². The van der Waals surface area contributed by atoms with E-state index in [4.69, 9.17) is 0 Å². The van der Waals surface area contributed by atoms with Gasteiger partial charge >= 0.3 is 0 Å². The Bertz CT molecular complexity index is 1050. The fraction of sp³-hybridized carbons (Fsp3) is 0.273. The molecule has 1 aromatic heterocycles. The van der Waals surface area contributed by atoms with E-state index in [1.165, 1.54) is 23.5 Å². The van der Waals surface area contributed by atoms with Crippen LogP contribution in [0.5, 0.6) is 0 Å².